The number of fused-ring (bicyclic) bond motifs is 2. The number of nitro groups is 1. The van der Waals surface area contributed by atoms with Crippen molar-refractivity contribution < 1.29 is 4.92 Å². The molecule has 3 rings (SSSR count). The number of H-pyrrole nitrogens is 1. The summed E-state index contributed by atoms with van der Waals surface area (Å²) in [4.78, 5) is 18.1. The molecule has 1 N–H and O–H groups in total. The van der Waals surface area contributed by atoms with Crippen LogP contribution < -0.4 is 0 Å². The molecule has 5 nitrogen and oxygen atoms in total. The minimum atomic E-state index is -0.376. The van der Waals surface area contributed by atoms with Crippen molar-refractivity contribution in [1.29, 1.82) is 0 Å². The molecule has 0 radical (unpaired) electrons. The molecule has 0 aliphatic heterocycles. The molecule has 2 heterocycles. The molecule has 20 heavy (non-hydrogen) atoms. The minimum Gasteiger partial charge on any atom is -0.354 e. The van der Waals surface area contributed by atoms with Crippen LogP contribution in [0.2, 0.25) is 0 Å². The van der Waals surface area contributed by atoms with Gasteiger partial charge in [0, 0.05) is 5.69 Å². The highest BCUT2D eigenvalue weighted by Gasteiger charge is 2.30. The van der Waals surface area contributed by atoms with Crippen molar-refractivity contribution in [2.45, 2.75) is 40.0 Å². The van der Waals surface area contributed by atoms with Crippen molar-refractivity contribution in [2.24, 2.45) is 11.3 Å². The quantitative estimate of drug-likeness (QED) is 0.637. The summed E-state index contributed by atoms with van der Waals surface area (Å²) in [6, 6.07) is 2.04. The molecule has 0 aromatic carbocycles. The van der Waals surface area contributed by atoms with E-state index < -0.39 is 0 Å². The van der Waals surface area contributed by atoms with Crippen LogP contribution >= 0.6 is 0 Å². The standard InChI is InChI=1S/C15H19N3O2/c1-15(2,3)10-4-5-11-9(6-10)7-12-14(17-11)13(8-16-12)18(19)20/h7-8,10,16H,4-6H2,1-3H3. The van der Waals surface area contributed by atoms with Gasteiger partial charge in [0.2, 0.25) is 0 Å². The zero-order valence-electron chi connectivity index (χ0n) is 12.1. The summed E-state index contributed by atoms with van der Waals surface area (Å²) in [5, 5.41) is 11.0. The smallest absolute Gasteiger partial charge is 0.312 e. The molecule has 2 aromatic heterocycles. The third kappa shape index (κ3) is 2.07. The van der Waals surface area contributed by atoms with Gasteiger partial charge in [-0.1, -0.05) is 20.8 Å². The maximum absolute atomic E-state index is 11.0. The van der Waals surface area contributed by atoms with Gasteiger partial charge in [-0.05, 0) is 42.2 Å². The van der Waals surface area contributed by atoms with Gasteiger partial charge < -0.3 is 4.98 Å². The number of aryl methyl sites for hydroxylation is 1. The molecule has 1 aliphatic carbocycles. The molecule has 0 saturated carbocycles. The SMILES string of the molecule is CC(C)(C)C1CCc2nc3c([N+](=O)[O-])c[nH]c3cc2C1. The maximum atomic E-state index is 11.0. The van der Waals surface area contributed by atoms with Gasteiger partial charge in [0.1, 0.15) is 0 Å². The number of hydrogen-bond acceptors (Lipinski definition) is 3. The van der Waals surface area contributed by atoms with E-state index in [1.165, 1.54) is 11.8 Å². The molecule has 0 bridgehead atoms. The summed E-state index contributed by atoms with van der Waals surface area (Å²) in [5.74, 6) is 0.638. The monoisotopic (exact) mass is 273 g/mol. The van der Waals surface area contributed by atoms with Crippen LogP contribution in [0, 0.1) is 21.4 Å². The summed E-state index contributed by atoms with van der Waals surface area (Å²) >= 11 is 0. The molecular formula is C15H19N3O2. The van der Waals surface area contributed by atoms with E-state index in [9.17, 15) is 10.1 Å². The van der Waals surface area contributed by atoms with Gasteiger partial charge >= 0.3 is 5.69 Å². The molecule has 0 fully saturated rings. The number of rotatable bonds is 1. The number of aromatic nitrogens is 2. The highest BCUT2D eigenvalue weighted by atomic mass is 16.6. The number of nitrogens with zero attached hydrogens (tertiary/aromatic N) is 2. The lowest BCUT2D eigenvalue weighted by molar-refractivity contribution is -0.383. The average Bonchev–Trinajstić information content (AvgIpc) is 2.77. The second-order valence-corrected chi connectivity index (χ2v) is 6.73. The van der Waals surface area contributed by atoms with E-state index in [4.69, 9.17) is 0 Å². The molecule has 0 amide bonds. The summed E-state index contributed by atoms with van der Waals surface area (Å²) < 4.78 is 0. The van der Waals surface area contributed by atoms with Crippen molar-refractivity contribution in [3.05, 3.63) is 33.6 Å². The largest absolute Gasteiger partial charge is 0.354 e. The van der Waals surface area contributed by atoms with Crippen molar-refractivity contribution in [1.82, 2.24) is 9.97 Å². The van der Waals surface area contributed by atoms with Crippen LogP contribution in [0.4, 0.5) is 5.69 Å². The van der Waals surface area contributed by atoms with Crippen LogP contribution in [0.1, 0.15) is 38.4 Å². The van der Waals surface area contributed by atoms with Gasteiger partial charge in [0.25, 0.3) is 0 Å². The van der Waals surface area contributed by atoms with Crippen molar-refractivity contribution in [3.63, 3.8) is 0 Å². The van der Waals surface area contributed by atoms with Gasteiger partial charge in [-0.2, -0.15) is 0 Å². The third-order valence-electron chi connectivity index (χ3n) is 4.42. The molecule has 1 aliphatic rings. The Morgan fingerprint density at radius 1 is 1.45 bits per heavy atom. The Bertz CT molecular complexity index is 682. The fourth-order valence-electron chi connectivity index (χ4n) is 3.06. The Morgan fingerprint density at radius 2 is 2.20 bits per heavy atom. The Morgan fingerprint density at radius 3 is 2.85 bits per heavy atom. The first-order valence-corrected chi connectivity index (χ1v) is 7.00. The third-order valence-corrected chi connectivity index (χ3v) is 4.42. The van der Waals surface area contributed by atoms with Crippen molar-refractivity contribution >= 4 is 16.7 Å². The summed E-state index contributed by atoms with van der Waals surface area (Å²) in [6.45, 7) is 6.82. The molecule has 1 unspecified atom stereocenters. The number of pyridine rings is 1. The fraction of sp³-hybridized carbons (Fsp3) is 0.533. The molecule has 1 atom stereocenters. The fourth-order valence-corrected chi connectivity index (χ4v) is 3.06. The average molecular weight is 273 g/mol. The van der Waals surface area contributed by atoms with Crippen LogP contribution in [0.5, 0.6) is 0 Å². The van der Waals surface area contributed by atoms with E-state index in [0.29, 0.717) is 11.4 Å². The van der Waals surface area contributed by atoms with Crippen LogP contribution in [-0.4, -0.2) is 14.9 Å². The van der Waals surface area contributed by atoms with E-state index in [1.807, 2.05) is 6.07 Å². The Kier molecular flexibility index (Phi) is 2.81. The van der Waals surface area contributed by atoms with Gasteiger partial charge in [-0.25, -0.2) is 4.98 Å². The Labute approximate surface area is 117 Å². The van der Waals surface area contributed by atoms with E-state index >= 15 is 0 Å². The summed E-state index contributed by atoms with van der Waals surface area (Å²) in [5.41, 5.74) is 3.88. The predicted octanol–water partition coefficient (Wildman–Crippen LogP) is 3.62. The lowest BCUT2D eigenvalue weighted by Gasteiger charge is -2.34. The molecule has 0 saturated heterocycles. The lowest BCUT2D eigenvalue weighted by Crippen LogP contribution is -2.27. The van der Waals surface area contributed by atoms with E-state index in [1.54, 1.807) is 0 Å². The number of hydrogen-bond donors (Lipinski definition) is 1. The first-order valence-electron chi connectivity index (χ1n) is 7.00. The van der Waals surface area contributed by atoms with Crippen LogP contribution in [0.25, 0.3) is 11.0 Å². The van der Waals surface area contributed by atoms with Crippen LogP contribution in [0.15, 0.2) is 12.3 Å². The topological polar surface area (TPSA) is 71.8 Å². The van der Waals surface area contributed by atoms with Gasteiger partial charge in [0.15, 0.2) is 5.52 Å². The maximum Gasteiger partial charge on any atom is 0.312 e. The number of aromatic amines is 1. The molecule has 2 aromatic rings. The summed E-state index contributed by atoms with van der Waals surface area (Å²) in [7, 11) is 0. The zero-order valence-corrected chi connectivity index (χ0v) is 12.1. The number of nitrogens with one attached hydrogen (secondary N) is 1. The van der Waals surface area contributed by atoms with E-state index in [2.05, 4.69) is 30.7 Å². The molecular weight excluding hydrogens is 254 g/mol. The second kappa shape index (κ2) is 4.30. The molecule has 5 heteroatoms. The van der Waals surface area contributed by atoms with Crippen LogP contribution in [-0.2, 0) is 12.8 Å². The first kappa shape index (κ1) is 13.1. The molecule has 106 valence electrons. The second-order valence-electron chi connectivity index (χ2n) is 6.73. The van der Waals surface area contributed by atoms with Gasteiger partial charge in [-0.3, -0.25) is 10.1 Å². The first-order chi connectivity index (χ1) is 9.36. The van der Waals surface area contributed by atoms with Crippen molar-refractivity contribution in [2.75, 3.05) is 0 Å². The van der Waals surface area contributed by atoms with E-state index in [-0.39, 0.29) is 16.0 Å². The van der Waals surface area contributed by atoms with Gasteiger partial charge in [-0.15, -0.1) is 0 Å². The Balaban J connectivity index is 2.05. The predicted molar refractivity (Wildman–Crippen MR) is 77.7 cm³/mol. The van der Waals surface area contributed by atoms with E-state index in [0.717, 1.165) is 30.5 Å². The molecule has 0 spiro atoms. The highest BCUT2D eigenvalue weighted by molar-refractivity contribution is 5.85. The van der Waals surface area contributed by atoms with Gasteiger partial charge in [0.05, 0.1) is 16.6 Å². The zero-order chi connectivity index (χ0) is 14.5. The Hall–Kier alpha value is -1.91. The normalized spacial score (nSPS) is 19.1. The minimum absolute atomic E-state index is 0.0701. The summed E-state index contributed by atoms with van der Waals surface area (Å²) in [6.07, 6.45) is 4.46. The van der Waals surface area contributed by atoms with Crippen LogP contribution in [0.3, 0.4) is 0 Å². The van der Waals surface area contributed by atoms with Crippen molar-refractivity contribution in [3.8, 4) is 0 Å². The highest BCUT2D eigenvalue weighted by Crippen LogP contribution is 2.38. The lowest BCUT2D eigenvalue weighted by atomic mass is 9.71.